The first kappa shape index (κ1) is 20.2. The third-order valence-electron chi connectivity index (χ3n) is 4.50. The van der Waals surface area contributed by atoms with Gasteiger partial charge in [0.25, 0.3) is 0 Å². The Morgan fingerprint density at radius 2 is 2.03 bits per heavy atom. The topological polar surface area (TPSA) is 64.9 Å². The fourth-order valence-corrected chi connectivity index (χ4v) is 3.04. The second-order valence-corrected chi connectivity index (χ2v) is 6.73. The van der Waals surface area contributed by atoms with Crippen molar-refractivity contribution in [3.63, 3.8) is 0 Å². The van der Waals surface area contributed by atoms with Gasteiger partial charge in [0.05, 0.1) is 12.8 Å². The molecule has 0 aliphatic heterocycles. The van der Waals surface area contributed by atoms with Gasteiger partial charge in [-0.15, -0.1) is 0 Å². The zero-order chi connectivity index (χ0) is 21.6. The average Bonchev–Trinajstić information content (AvgIpc) is 3.19. The predicted octanol–water partition coefficient (Wildman–Crippen LogP) is 4.71. The van der Waals surface area contributed by atoms with Crippen molar-refractivity contribution in [1.29, 1.82) is 0 Å². The highest BCUT2D eigenvalue weighted by molar-refractivity contribution is 6.02. The van der Waals surface area contributed by atoms with E-state index in [-0.39, 0.29) is 18.3 Å². The molecular weight excluding hydrogens is 397 g/mol. The van der Waals surface area contributed by atoms with Gasteiger partial charge in [0.15, 0.2) is 11.5 Å². The molecule has 0 bridgehead atoms. The van der Waals surface area contributed by atoms with E-state index >= 15 is 0 Å². The number of nitrogens with zero attached hydrogens (tertiary/aromatic N) is 2. The second kappa shape index (κ2) is 9.13. The molecule has 0 fully saturated rings. The van der Waals surface area contributed by atoms with Gasteiger partial charge in [0.2, 0.25) is 5.91 Å². The maximum atomic E-state index is 13.2. The standard InChI is InChI=1S/C24H20FN3O3/c1-30-21-10-9-19(27-24(29)11-8-17-5-4-6-18(25)13-17)14-22(21)31-16-20-15-28-12-3-2-7-23(28)26-20/h2-15H,16H2,1H3,(H,27,29). The average molecular weight is 417 g/mol. The first-order chi connectivity index (χ1) is 15.1. The maximum Gasteiger partial charge on any atom is 0.248 e. The van der Waals surface area contributed by atoms with E-state index in [2.05, 4.69) is 10.3 Å². The van der Waals surface area contributed by atoms with Crippen molar-refractivity contribution < 1.29 is 18.7 Å². The van der Waals surface area contributed by atoms with Gasteiger partial charge >= 0.3 is 0 Å². The molecule has 7 heteroatoms. The minimum Gasteiger partial charge on any atom is -0.493 e. The molecule has 1 N–H and O–H groups in total. The van der Waals surface area contributed by atoms with Crippen LogP contribution in [0.25, 0.3) is 11.7 Å². The van der Waals surface area contributed by atoms with Crippen molar-refractivity contribution in [2.45, 2.75) is 6.61 Å². The maximum absolute atomic E-state index is 13.2. The van der Waals surface area contributed by atoms with Crippen LogP contribution in [-0.4, -0.2) is 22.4 Å². The molecule has 2 aromatic carbocycles. The van der Waals surface area contributed by atoms with Crippen LogP contribution in [0.1, 0.15) is 11.3 Å². The number of hydrogen-bond acceptors (Lipinski definition) is 4. The van der Waals surface area contributed by atoms with Crippen LogP contribution in [0.4, 0.5) is 10.1 Å². The molecule has 0 aliphatic rings. The molecule has 2 aromatic heterocycles. The minimum absolute atomic E-state index is 0.245. The van der Waals surface area contributed by atoms with E-state index in [1.54, 1.807) is 43.5 Å². The Balaban J connectivity index is 1.44. The van der Waals surface area contributed by atoms with Gasteiger partial charge in [-0.05, 0) is 48.0 Å². The molecule has 0 aliphatic carbocycles. The summed E-state index contributed by atoms with van der Waals surface area (Å²) in [6.07, 6.45) is 6.70. The van der Waals surface area contributed by atoms with Gasteiger partial charge in [0, 0.05) is 30.2 Å². The van der Waals surface area contributed by atoms with Crippen LogP contribution >= 0.6 is 0 Å². The summed E-state index contributed by atoms with van der Waals surface area (Å²) in [5, 5.41) is 2.76. The van der Waals surface area contributed by atoms with Gasteiger partial charge < -0.3 is 19.2 Å². The third kappa shape index (κ3) is 5.08. The number of halogens is 1. The molecule has 0 radical (unpaired) electrons. The molecule has 0 atom stereocenters. The zero-order valence-electron chi connectivity index (χ0n) is 16.8. The van der Waals surface area contributed by atoms with Crippen molar-refractivity contribution in [3.05, 3.63) is 96.2 Å². The molecule has 2 heterocycles. The van der Waals surface area contributed by atoms with E-state index in [9.17, 15) is 9.18 Å². The minimum atomic E-state index is -0.356. The highest BCUT2D eigenvalue weighted by atomic mass is 19.1. The first-order valence-corrected chi connectivity index (χ1v) is 9.59. The van der Waals surface area contributed by atoms with Crippen molar-refractivity contribution in [2.75, 3.05) is 12.4 Å². The van der Waals surface area contributed by atoms with Gasteiger partial charge in [-0.2, -0.15) is 0 Å². The highest BCUT2D eigenvalue weighted by Gasteiger charge is 2.09. The van der Waals surface area contributed by atoms with Crippen molar-refractivity contribution in [2.24, 2.45) is 0 Å². The number of ether oxygens (including phenoxy) is 2. The molecule has 156 valence electrons. The fourth-order valence-electron chi connectivity index (χ4n) is 3.04. The Labute approximate surface area is 178 Å². The number of carbonyl (C=O) groups excluding carboxylic acids is 1. The number of amides is 1. The van der Waals surface area contributed by atoms with E-state index in [0.29, 0.717) is 22.7 Å². The van der Waals surface area contributed by atoms with Crippen molar-refractivity contribution in [3.8, 4) is 11.5 Å². The molecule has 0 saturated carbocycles. The Bertz CT molecular complexity index is 1220. The van der Waals surface area contributed by atoms with E-state index in [1.807, 2.05) is 35.0 Å². The molecule has 0 unspecified atom stereocenters. The number of rotatable bonds is 7. The fraction of sp³-hybridized carbons (Fsp3) is 0.0833. The van der Waals surface area contributed by atoms with Crippen LogP contribution < -0.4 is 14.8 Å². The molecule has 4 rings (SSSR count). The number of carbonyl (C=O) groups is 1. The Kier molecular flexibility index (Phi) is 5.93. The molecule has 0 spiro atoms. The molecule has 0 saturated heterocycles. The Morgan fingerprint density at radius 3 is 2.84 bits per heavy atom. The van der Waals surface area contributed by atoms with Crippen LogP contribution in [0.5, 0.6) is 11.5 Å². The molecule has 4 aromatic rings. The number of nitrogens with one attached hydrogen (secondary N) is 1. The van der Waals surface area contributed by atoms with Crippen molar-refractivity contribution >= 4 is 23.3 Å². The van der Waals surface area contributed by atoms with Crippen LogP contribution in [-0.2, 0) is 11.4 Å². The molecule has 6 nitrogen and oxygen atoms in total. The number of aromatic nitrogens is 2. The summed E-state index contributed by atoms with van der Waals surface area (Å²) in [7, 11) is 1.55. The number of methoxy groups -OCH3 is 1. The van der Waals surface area contributed by atoms with E-state index in [1.165, 1.54) is 18.2 Å². The van der Waals surface area contributed by atoms with Gasteiger partial charge in [-0.1, -0.05) is 18.2 Å². The SMILES string of the molecule is COc1ccc(NC(=O)C=Cc2cccc(F)c2)cc1OCc1cn2ccccc2n1. The number of anilines is 1. The quantitative estimate of drug-likeness (QED) is 0.442. The number of hydrogen-bond donors (Lipinski definition) is 1. The molecule has 31 heavy (non-hydrogen) atoms. The van der Waals surface area contributed by atoms with E-state index in [4.69, 9.17) is 9.47 Å². The van der Waals surface area contributed by atoms with Crippen LogP contribution in [0.15, 0.2) is 79.1 Å². The van der Waals surface area contributed by atoms with E-state index in [0.717, 1.165) is 11.3 Å². The lowest BCUT2D eigenvalue weighted by atomic mass is 10.2. The largest absolute Gasteiger partial charge is 0.493 e. The third-order valence-corrected chi connectivity index (χ3v) is 4.50. The summed E-state index contributed by atoms with van der Waals surface area (Å²) in [5.74, 6) is 0.314. The van der Waals surface area contributed by atoms with Gasteiger partial charge in [-0.25, -0.2) is 9.37 Å². The smallest absolute Gasteiger partial charge is 0.248 e. The molecular formula is C24H20FN3O3. The first-order valence-electron chi connectivity index (χ1n) is 9.59. The lowest BCUT2D eigenvalue weighted by Crippen LogP contribution is -2.08. The summed E-state index contributed by atoms with van der Waals surface area (Å²) >= 11 is 0. The predicted molar refractivity (Wildman–Crippen MR) is 117 cm³/mol. The van der Waals surface area contributed by atoms with Gasteiger partial charge in [0.1, 0.15) is 18.1 Å². The van der Waals surface area contributed by atoms with Crippen molar-refractivity contribution in [1.82, 2.24) is 9.38 Å². The van der Waals surface area contributed by atoms with Gasteiger partial charge in [-0.3, -0.25) is 4.79 Å². The van der Waals surface area contributed by atoms with Crippen LogP contribution in [0.3, 0.4) is 0 Å². The number of imidazole rings is 1. The summed E-state index contributed by atoms with van der Waals surface area (Å²) < 4.78 is 26.4. The monoisotopic (exact) mass is 417 g/mol. The summed E-state index contributed by atoms with van der Waals surface area (Å²) in [6, 6.07) is 16.9. The van der Waals surface area contributed by atoms with Crippen LogP contribution in [0, 0.1) is 5.82 Å². The number of benzene rings is 2. The number of pyridine rings is 1. The van der Waals surface area contributed by atoms with Crippen LogP contribution in [0.2, 0.25) is 0 Å². The second-order valence-electron chi connectivity index (χ2n) is 6.73. The van der Waals surface area contributed by atoms with E-state index < -0.39 is 0 Å². The Hall–Kier alpha value is -4.13. The normalized spacial score (nSPS) is 11.0. The summed E-state index contributed by atoms with van der Waals surface area (Å²) in [5.41, 5.74) is 2.74. The lowest BCUT2D eigenvalue weighted by Gasteiger charge is -2.12. The summed E-state index contributed by atoms with van der Waals surface area (Å²) in [6.45, 7) is 0.245. The summed E-state index contributed by atoms with van der Waals surface area (Å²) in [4.78, 5) is 16.7. The lowest BCUT2D eigenvalue weighted by molar-refractivity contribution is -0.111. The Morgan fingerprint density at radius 1 is 1.13 bits per heavy atom. The highest BCUT2D eigenvalue weighted by Crippen LogP contribution is 2.31. The molecule has 1 amide bonds. The zero-order valence-corrected chi connectivity index (χ0v) is 16.8. The number of fused-ring (bicyclic) bond motifs is 1.